The molecule has 2 aromatic carbocycles. The van der Waals surface area contributed by atoms with Crippen molar-refractivity contribution in [3.8, 4) is 5.75 Å². The van der Waals surface area contributed by atoms with Crippen LogP contribution in [0.4, 0.5) is 4.79 Å². The molecular formula is C25H29NO5S2. The van der Waals surface area contributed by atoms with Crippen molar-refractivity contribution in [2.45, 2.75) is 64.2 Å². The molecule has 3 rings (SSSR count). The van der Waals surface area contributed by atoms with Crippen LogP contribution in [0.1, 0.15) is 63.8 Å². The number of amides is 2. The second-order valence-corrected chi connectivity index (χ2v) is 13.0. The van der Waals surface area contributed by atoms with Crippen LogP contribution in [-0.2, 0) is 25.6 Å². The molecule has 0 bridgehead atoms. The number of carbonyl (C=O) groups is 2. The quantitative estimate of drug-likeness (QED) is 0.557. The summed E-state index contributed by atoms with van der Waals surface area (Å²) in [5, 5.41) is 10.0. The minimum Gasteiger partial charge on any atom is -0.507 e. The van der Waals surface area contributed by atoms with Gasteiger partial charge in [0.1, 0.15) is 5.75 Å². The minimum atomic E-state index is -4.32. The maximum atomic E-state index is 13.0. The number of hydrogen-bond donors (Lipinski definition) is 1. The number of nitrogens with zero attached hydrogens (tertiary/aromatic N) is 1. The third-order valence-corrected chi connectivity index (χ3v) is 8.03. The van der Waals surface area contributed by atoms with Gasteiger partial charge >= 0.3 is 5.24 Å². The highest BCUT2D eigenvalue weighted by atomic mass is 32.2. The van der Waals surface area contributed by atoms with E-state index in [2.05, 4.69) is 0 Å². The summed E-state index contributed by atoms with van der Waals surface area (Å²) in [4.78, 5) is 25.5. The summed E-state index contributed by atoms with van der Waals surface area (Å²) in [5.41, 5.74) is 2.13. The lowest BCUT2D eigenvalue weighted by Gasteiger charge is -2.28. The summed E-state index contributed by atoms with van der Waals surface area (Å²) in [6, 6.07) is 9.52. The lowest BCUT2D eigenvalue weighted by atomic mass is 9.78. The topological polar surface area (TPSA) is 91.8 Å². The van der Waals surface area contributed by atoms with Crippen molar-refractivity contribution >= 4 is 39.0 Å². The third kappa shape index (κ3) is 4.87. The Balaban J connectivity index is 2.09. The first kappa shape index (κ1) is 25.1. The summed E-state index contributed by atoms with van der Waals surface area (Å²) < 4.78 is 26.3. The van der Waals surface area contributed by atoms with Crippen molar-refractivity contribution in [2.75, 3.05) is 0 Å². The van der Waals surface area contributed by atoms with E-state index in [1.807, 2.05) is 48.5 Å². The average Bonchev–Trinajstić information content (AvgIpc) is 2.95. The Kier molecular flexibility index (Phi) is 6.32. The molecule has 0 unspecified atom stereocenters. The average molecular weight is 488 g/mol. The summed E-state index contributed by atoms with van der Waals surface area (Å²) >= 11 is 0.589. The number of thioether (sulfide) groups is 1. The predicted octanol–water partition coefficient (Wildman–Crippen LogP) is 5.72. The summed E-state index contributed by atoms with van der Waals surface area (Å²) in [5.74, 6) is -0.685. The molecule has 1 heterocycles. The van der Waals surface area contributed by atoms with Crippen LogP contribution < -0.4 is 0 Å². The van der Waals surface area contributed by atoms with Crippen LogP contribution in [0.3, 0.4) is 0 Å². The van der Waals surface area contributed by atoms with Gasteiger partial charge in [-0.2, -0.15) is 4.31 Å². The number of rotatable bonds is 3. The molecule has 33 heavy (non-hydrogen) atoms. The van der Waals surface area contributed by atoms with E-state index in [0.29, 0.717) is 32.8 Å². The molecule has 1 saturated heterocycles. The fourth-order valence-electron chi connectivity index (χ4n) is 3.51. The monoisotopic (exact) mass is 487 g/mol. The third-order valence-electron chi connectivity index (χ3n) is 5.36. The van der Waals surface area contributed by atoms with Crippen LogP contribution in [0.2, 0.25) is 0 Å². The van der Waals surface area contributed by atoms with Gasteiger partial charge in [0.25, 0.3) is 15.9 Å². The molecule has 0 aromatic heterocycles. The molecule has 8 heteroatoms. The summed E-state index contributed by atoms with van der Waals surface area (Å²) in [7, 11) is -4.32. The Hall–Kier alpha value is -2.58. The van der Waals surface area contributed by atoms with Gasteiger partial charge in [-0.05, 0) is 65.4 Å². The zero-order chi connectivity index (χ0) is 24.9. The van der Waals surface area contributed by atoms with Crippen LogP contribution in [-0.4, -0.2) is 29.0 Å². The van der Waals surface area contributed by atoms with E-state index in [9.17, 15) is 23.1 Å². The van der Waals surface area contributed by atoms with Crippen LogP contribution in [0.5, 0.6) is 5.75 Å². The molecule has 0 saturated carbocycles. The number of sulfonamides is 1. The molecule has 0 atom stereocenters. The van der Waals surface area contributed by atoms with Gasteiger partial charge < -0.3 is 5.11 Å². The van der Waals surface area contributed by atoms with Crippen molar-refractivity contribution < 1.29 is 23.1 Å². The highest BCUT2D eigenvalue weighted by molar-refractivity contribution is 8.19. The molecule has 1 aliphatic heterocycles. The van der Waals surface area contributed by atoms with Gasteiger partial charge in [-0.25, -0.2) is 8.42 Å². The van der Waals surface area contributed by atoms with Crippen molar-refractivity contribution in [1.29, 1.82) is 0 Å². The van der Waals surface area contributed by atoms with Crippen molar-refractivity contribution in [2.24, 2.45) is 0 Å². The number of aromatic hydroxyl groups is 1. The van der Waals surface area contributed by atoms with Gasteiger partial charge in [-0.15, -0.1) is 0 Å². The number of aryl methyl sites for hydroxylation is 1. The molecule has 1 fully saturated rings. The van der Waals surface area contributed by atoms with E-state index < -0.39 is 21.2 Å². The van der Waals surface area contributed by atoms with Crippen LogP contribution in [0, 0.1) is 6.92 Å². The standard InChI is InChI=1S/C25H29NO5S2/c1-15-8-10-17(11-9-15)33(30,31)26-22(28)20(32-23(26)29)14-16-12-18(24(2,3)4)21(27)19(13-16)25(5,6)7/h8-14,27H,1-7H3. The number of benzene rings is 2. The lowest BCUT2D eigenvalue weighted by molar-refractivity contribution is -0.119. The first-order chi connectivity index (χ1) is 15.0. The Bertz CT molecular complexity index is 1230. The Morgan fingerprint density at radius 3 is 1.85 bits per heavy atom. The normalized spacial score (nSPS) is 16.7. The van der Waals surface area contributed by atoms with Crippen molar-refractivity contribution in [1.82, 2.24) is 4.31 Å². The maximum absolute atomic E-state index is 13.0. The van der Waals surface area contributed by atoms with E-state index in [1.54, 1.807) is 24.3 Å². The SMILES string of the molecule is Cc1ccc(S(=O)(=O)N2C(=O)SC(=Cc3cc(C(C)(C)C)c(O)c(C(C)(C)C)c3)C2=O)cc1. The first-order valence-electron chi connectivity index (χ1n) is 10.5. The summed E-state index contributed by atoms with van der Waals surface area (Å²) in [6.45, 7) is 13.6. The fourth-order valence-corrected chi connectivity index (χ4v) is 5.91. The minimum absolute atomic E-state index is 0.0149. The van der Waals surface area contributed by atoms with E-state index >= 15 is 0 Å². The molecule has 2 amide bonds. The van der Waals surface area contributed by atoms with E-state index in [4.69, 9.17) is 0 Å². The molecular weight excluding hydrogens is 458 g/mol. The van der Waals surface area contributed by atoms with E-state index in [0.717, 1.165) is 5.56 Å². The Morgan fingerprint density at radius 2 is 1.39 bits per heavy atom. The maximum Gasteiger partial charge on any atom is 0.307 e. The smallest absolute Gasteiger partial charge is 0.307 e. The molecule has 1 N–H and O–H groups in total. The number of phenolic OH excluding ortho intramolecular Hbond substituents is 1. The molecule has 0 spiro atoms. The number of phenols is 1. The number of carbonyl (C=O) groups excluding carboxylic acids is 2. The molecule has 0 radical (unpaired) electrons. The van der Waals surface area contributed by atoms with Gasteiger partial charge in [-0.3, -0.25) is 9.59 Å². The van der Waals surface area contributed by atoms with Crippen LogP contribution in [0.15, 0.2) is 46.2 Å². The zero-order valence-electron chi connectivity index (χ0n) is 19.9. The van der Waals surface area contributed by atoms with Gasteiger partial charge in [0.2, 0.25) is 0 Å². The molecule has 176 valence electrons. The van der Waals surface area contributed by atoms with E-state index in [-0.39, 0.29) is 26.4 Å². The van der Waals surface area contributed by atoms with E-state index in [1.165, 1.54) is 18.2 Å². The fraction of sp³-hybridized carbons (Fsp3) is 0.360. The Morgan fingerprint density at radius 1 is 0.909 bits per heavy atom. The zero-order valence-corrected chi connectivity index (χ0v) is 21.5. The van der Waals surface area contributed by atoms with Crippen LogP contribution in [0.25, 0.3) is 6.08 Å². The second kappa shape index (κ2) is 8.33. The largest absolute Gasteiger partial charge is 0.507 e. The second-order valence-electron chi connectivity index (χ2n) is 10.2. The number of imide groups is 1. The summed E-state index contributed by atoms with van der Waals surface area (Å²) in [6.07, 6.45) is 1.51. The van der Waals surface area contributed by atoms with Crippen molar-refractivity contribution in [3.63, 3.8) is 0 Å². The highest BCUT2D eigenvalue weighted by Gasteiger charge is 2.44. The van der Waals surface area contributed by atoms with Gasteiger partial charge in [0, 0.05) is 11.1 Å². The van der Waals surface area contributed by atoms with Gasteiger partial charge in [0.05, 0.1) is 9.80 Å². The van der Waals surface area contributed by atoms with Gasteiger partial charge in [-0.1, -0.05) is 59.2 Å². The Labute approximate surface area is 199 Å². The van der Waals surface area contributed by atoms with Gasteiger partial charge in [0.15, 0.2) is 0 Å². The van der Waals surface area contributed by atoms with Crippen molar-refractivity contribution in [3.05, 3.63) is 63.6 Å². The molecule has 6 nitrogen and oxygen atoms in total. The number of hydrogen-bond acceptors (Lipinski definition) is 6. The molecule has 0 aliphatic carbocycles. The first-order valence-corrected chi connectivity index (χ1v) is 12.8. The lowest BCUT2D eigenvalue weighted by Crippen LogP contribution is -2.34. The highest BCUT2D eigenvalue weighted by Crippen LogP contribution is 2.42. The molecule has 1 aliphatic rings. The van der Waals surface area contributed by atoms with Crippen LogP contribution >= 0.6 is 11.8 Å². The molecule has 2 aromatic rings. The predicted molar refractivity (Wildman–Crippen MR) is 132 cm³/mol.